The molecule has 1 aromatic carbocycles. The van der Waals surface area contributed by atoms with E-state index in [1.54, 1.807) is 0 Å². The lowest BCUT2D eigenvalue weighted by molar-refractivity contribution is -0.850. The first kappa shape index (κ1) is 18.0. The normalized spacial score (nSPS) is 43.4. The predicted octanol–water partition coefficient (Wildman–Crippen LogP) is 3.18. The topological polar surface area (TPSA) is 52.6 Å². The van der Waals surface area contributed by atoms with E-state index in [1.807, 2.05) is 42.4 Å². The van der Waals surface area contributed by atoms with Crippen LogP contribution in [0, 0.1) is 23.2 Å². The van der Waals surface area contributed by atoms with Crippen LogP contribution in [0.5, 0.6) is 0 Å². The van der Waals surface area contributed by atoms with Crippen molar-refractivity contribution in [3.8, 4) is 0 Å². The summed E-state index contributed by atoms with van der Waals surface area (Å²) in [6, 6.07) is 10.1. The highest BCUT2D eigenvalue weighted by Crippen LogP contribution is 2.64. The Kier molecular flexibility index (Phi) is 3.68. The maximum absolute atomic E-state index is 12.5. The lowest BCUT2D eigenvalue weighted by Gasteiger charge is -2.66. The molecule has 1 aromatic rings. The Balaban J connectivity index is 1.55. The first-order valence-corrected chi connectivity index (χ1v) is 10.5. The number of fused-ring (bicyclic) bond motifs is 4. The van der Waals surface area contributed by atoms with E-state index in [0.29, 0.717) is 27.6 Å². The Hall–Kier alpha value is -2.08. The molecule has 3 aliphatic carbocycles. The summed E-state index contributed by atoms with van der Waals surface area (Å²) in [7, 11) is 0. The minimum atomic E-state index is -2.16. The van der Waals surface area contributed by atoms with Crippen LogP contribution in [0.15, 0.2) is 36.3 Å². The highest BCUT2D eigenvalue weighted by molar-refractivity contribution is 6.71. The first-order chi connectivity index (χ1) is 13.3. The molecule has 148 valence electrons. The third-order valence-corrected chi connectivity index (χ3v) is 8.47. The molecule has 5 fully saturated rings. The molecule has 6 heteroatoms. The summed E-state index contributed by atoms with van der Waals surface area (Å²) in [4.78, 5) is 25.0. The molecule has 5 nitrogen and oxygen atoms in total. The Morgan fingerprint density at radius 2 is 1.71 bits per heavy atom. The molecule has 2 aliphatic heterocycles. The molecular weight excluding hydrogens is 353 g/mol. The summed E-state index contributed by atoms with van der Waals surface area (Å²) < 4.78 is 12.0. The number of benzene rings is 1. The molecule has 0 N–H and O–H groups in total. The second kappa shape index (κ2) is 5.72. The van der Waals surface area contributed by atoms with Crippen LogP contribution in [0.25, 0.3) is 6.08 Å². The quantitative estimate of drug-likeness (QED) is 0.755. The van der Waals surface area contributed by atoms with E-state index in [4.69, 9.17) is 9.31 Å². The molecule has 0 aromatic heterocycles. The monoisotopic (exact) mass is 381 g/mol. The fourth-order valence-corrected chi connectivity index (χ4v) is 6.83. The third-order valence-electron chi connectivity index (χ3n) is 8.47. The Morgan fingerprint density at radius 1 is 1.07 bits per heavy atom. The molecule has 0 spiro atoms. The number of nitrogens with zero attached hydrogens (tertiary/aromatic N) is 1. The van der Waals surface area contributed by atoms with Crippen LogP contribution in [0.3, 0.4) is 0 Å². The first-order valence-electron chi connectivity index (χ1n) is 10.5. The van der Waals surface area contributed by atoms with E-state index in [9.17, 15) is 9.59 Å². The maximum atomic E-state index is 12.5. The Morgan fingerprint density at radius 3 is 2.29 bits per heavy atom. The van der Waals surface area contributed by atoms with Crippen LogP contribution in [-0.2, 0) is 18.9 Å². The van der Waals surface area contributed by atoms with Gasteiger partial charge >= 0.3 is 18.6 Å². The summed E-state index contributed by atoms with van der Waals surface area (Å²) >= 11 is 0. The highest BCUT2D eigenvalue weighted by Gasteiger charge is 2.71. The summed E-state index contributed by atoms with van der Waals surface area (Å²) in [5.74, 6) is 3.05. The van der Waals surface area contributed by atoms with Crippen molar-refractivity contribution in [3.05, 3.63) is 41.9 Å². The van der Waals surface area contributed by atoms with Gasteiger partial charge in [0.15, 0.2) is 0 Å². The van der Waals surface area contributed by atoms with Gasteiger partial charge in [0.2, 0.25) is 0 Å². The van der Waals surface area contributed by atoms with Crippen molar-refractivity contribution >= 4 is 24.7 Å². The zero-order valence-electron chi connectivity index (χ0n) is 16.8. The molecular formula is C22H28BNO4. The summed E-state index contributed by atoms with van der Waals surface area (Å²) in [5, 5.41) is 0. The number of hydrogen-bond acceptors (Lipinski definition) is 4. The summed E-state index contributed by atoms with van der Waals surface area (Å²) in [6.07, 6.45) is 4.22. The van der Waals surface area contributed by atoms with Gasteiger partial charge in [-0.05, 0) is 35.7 Å². The van der Waals surface area contributed by atoms with Gasteiger partial charge in [-0.25, -0.2) is 0 Å². The summed E-state index contributed by atoms with van der Waals surface area (Å²) in [6.45, 7) is 5.34. The molecule has 0 radical (unpaired) electrons. The molecule has 2 heterocycles. The minimum absolute atomic E-state index is 0.218. The van der Waals surface area contributed by atoms with Crippen LogP contribution < -0.4 is 0 Å². The van der Waals surface area contributed by atoms with Crippen molar-refractivity contribution in [2.75, 3.05) is 13.1 Å². The minimum Gasteiger partial charge on any atom is -0.596 e. The SMILES string of the molecule is CC1[C@H]2C[C@@H](C[C@H]1[N+]13CC(=O)O[B-]1(/C=C/c1ccccc1)OC(=O)C3)C2(C)C. The van der Waals surface area contributed by atoms with Gasteiger partial charge in [0.25, 0.3) is 0 Å². The molecule has 2 saturated heterocycles. The Bertz CT molecular complexity index is 845. The van der Waals surface area contributed by atoms with Crippen LogP contribution in [0.2, 0.25) is 0 Å². The average Bonchev–Trinajstić information content (AvgIpc) is 3.06. The number of carbonyl (C=O) groups excluding carboxylic acids is 2. The van der Waals surface area contributed by atoms with E-state index in [-0.39, 0.29) is 31.1 Å². The lowest BCUT2D eigenvalue weighted by Crippen LogP contribution is -2.73. The molecule has 3 saturated carbocycles. The zero-order chi connectivity index (χ0) is 19.7. The number of hydrogen-bond donors (Lipinski definition) is 0. The summed E-state index contributed by atoms with van der Waals surface area (Å²) in [5.41, 5.74) is 1.35. The molecule has 28 heavy (non-hydrogen) atoms. The molecule has 6 rings (SSSR count). The Labute approximate surface area is 166 Å². The van der Waals surface area contributed by atoms with Crippen molar-refractivity contribution in [1.82, 2.24) is 0 Å². The molecule has 0 amide bonds. The van der Waals surface area contributed by atoms with Gasteiger partial charge in [0, 0.05) is 5.92 Å². The van der Waals surface area contributed by atoms with Crippen LogP contribution in [-0.4, -0.2) is 42.2 Å². The average molecular weight is 381 g/mol. The van der Waals surface area contributed by atoms with Gasteiger partial charge in [-0.1, -0.05) is 63.2 Å². The number of carbonyl (C=O) groups is 2. The van der Waals surface area contributed by atoms with Crippen molar-refractivity contribution in [3.63, 3.8) is 0 Å². The van der Waals surface area contributed by atoms with Crippen molar-refractivity contribution < 1.29 is 23.3 Å². The molecule has 4 atom stereocenters. The van der Waals surface area contributed by atoms with E-state index < -0.39 is 6.69 Å². The molecule has 5 aliphatic rings. The van der Waals surface area contributed by atoms with E-state index in [1.165, 1.54) is 6.42 Å². The van der Waals surface area contributed by atoms with Gasteiger partial charge in [-0.2, -0.15) is 0 Å². The van der Waals surface area contributed by atoms with Crippen LogP contribution in [0.4, 0.5) is 0 Å². The number of quaternary nitrogens is 1. The van der Waals surface area contributed by atoms with E-state index >= 15 is 0 Å². The smallest absolute Gasteiger partial charge is 0.596 e. The highest BCUT2D eigenvalue weighted by atomic mass is 16.7. The number of rotatable bonds is 3. The standard InChI is InChI=1S/C22H28BNO4/c1-15-18-11-17(22(18,2)3)12-19(15)24-13-20(25)27-23(24,28-21(26)14-24)10-9-16-7-5-4-6-8-16/h4-10,15,17-19H,11-14H2,1-3H3/b10-9+/t15?,17-,18+,19+,23?,24?/m0/s1. The fourth-order valence-electron chi connectivity index (χ4n) is 6.83. The van der Waals surface area contributed by atoms with Gasteiger partial charge < -0.3 is 13.7 Å². The largest absolute Gasteiger partial charge is 0.608 e. The van der Waals surface area contributed by atoms with Crippen molar-refractivity contribution in [2.24, 2.45) is 23.2 Å². The van der Waals surface area contributed by atoms with E-state index in [2.05, 4.69) is 20.8 Å². The second-order valence-corrected chi connectivity index (χ2v) is 9.92. The lowest BCUT2D eigenvalue weighted by atomic mass is 9.43. The molecule has 2 bridgehead atoms. The maximum Gasteiger partial charge on any atom is 0.608 e. The van der Waals surface area contributed by atoms with Gasteiger partial charge in [0.1, 0.15) is 13.1 Å². The van der Waals surface area contributed by atoms with Crippen molar-refractivity contribution in [1.29, 1.82) is 0 Å². The van der Waals surface area contributed by atoms with Crippen molar-refractivity contribution in [2.45, 2.75) is 39.7 Å². The van der Waals surface area contributed by atoms with E-state index in [0.717, 1.165) is 12.0 Å². The predicted molar refractivity (Wildman–Crippen MR) is 106 cm³/mol. The second-order valence-electron chi connectivity index (χ2n) is 9.92. The van der Waals surface area contributed by atoms with Gasteiger partial charge in [-0.3, -0.25) is 9.59 Å². The van der Waals surface area contributed by atoms with Gasteiger partial charge in [0.05, 0.1) is 6.04 Å². The van der Waals surface area contributed by atoms with Crippen LogP contribution >= 0.6 is 0 Å². The van der Waals surface area contributed by atoms with Crippen LogP contribution in [0.1, 0.15) is 39.2 Å². The fraction of sp³-hybridized carbons (Fsp3) is 0.545. The van der Waals surface area contributed by atoms with Gasteiger partial charge in [-0.15, -0.1) is 0 Å². The molecule has 1 unspecified atom stereocenters. The third kappa shape index (κ3) is 2.24. The zero-order valence-corrected chi connectivity index (χ0v) is 16.8.